The van der Waals surface area contributed by atoms with Crippen LogP contribution in [0.25, 0.3) is 0 Å². The van der Waals surface area contributed by atoms with Gasteiger partial charge in [-0.05, 0) is 42.8 Å². The molecule has 0 spiro atoms. The van der Waals surface area contributed by atoms with Gasteiger partial charge in [-0.3, -0.25) is 0 Å². The van der Waals surface area contributed by atoms with Crippen molar-refractivity contribution in [2.75, 3.05) is 6.54 Å². The van der Waals surface area contributed by atoms with E-state index in [2.05, 4.69) is 21.2 Å². The zero-order valence-electron chi connectivity index (χ0n) is 11.2. The van der Waals surface area contributed by atoms with E-state index in [1.807, 2.05) is 0 Å². The Bertz CT molecular complexity index is 460. The lowest BCUT2D eigenvalue weighted by Crippen LogP contribution is -2.36. The first-order valence-electron chi connectivity index (χ1n) is 5.87. The summed E-state index contributed by atoms with van der Waals surface area (Å²) in [4.78, 5) is 11.5. The lowest BCUT2D eigenvalue weighted by Gasteiger charge is -2.21. The number of carbonyl (C=O) groups is 1. The minimum Gasteiger partial charge on any atom is -0.444 e. The van der Waals surface area contributed by atoms with Gasteiger partial charge in [-0.15, -0.1) is 0 Å². The first kappa shape index (κ1) is 15.9. The summed E-state index contributed by atoms with van der Waals surface area (Å²) < 4.78 is 19.2. The fourth-order valence-electron chi connectivity index (χ4n) is 1.42. The summed E-state index contributed by atoms with van der Waals surface area (Å²) in [7, 11) is 0. The van der Waals surface area contributed by atoms with Gasteiger partial charge in [0.2, 0.25) is 0 Å². The van der Waals surface area contributed by atoms with E-state index in [0.717, 1.165) is 0 Å². The third kappa shape index (κ3) is 5.16. The maximum absolute atomic E-state index is 13.8. The Kier molecular flexibility index (Phi) is 5.31. The van der Waals surface area contributed by atoms with Crippen molar-refractivity contribution in [3.05, 3.63) is 34.1 Å². The molecule has 4 nitrogen and oxygen atoms in total. The van der Waals surface area contributed by atoms with Crippen molar-refractivity contribution in [3.8, 4) is 0 Å². The molecule has 6 heteroatoms. The summed E-state index contributed by atoms with van der Waals surface area (Å²) in [6.07, 6.45) is -0.571. The highest BCUT2D eigenvalue weighted by Crippen LogP contribution is 2.22. The summed E-state index contributed by atoms with van der Waals surface area (Å²) in [5.74, 6) is -0.416. The highest BCUT2D eigenvalue weighted by molar-refractivity contribution is 9.10. The molecule has 0 fully saturated rings. The highest BCUT2D eigenvalue weighted by Gasteiger charge is 2.18. The molecule has 1 aromatic rings. The van der Waals surface area contributed by atoms with E-state index in [9.17, 15) is 9.18 Å². The fraction of sp³-hybridized carbons (Fsp3) is 0.462. The first-order valence-corrected chi connectivity index (χ1v) is 6.66. The van der Waals surface area contributed by atoms with Crippen molar-refractivity contribution < 1.29 is 13.9 Å². The molecule has 19 heavy (non-hydrogen) atoms. The summed E-state index contributed by atoms with van der Waals surface area (Å²) in [6, 6.07) is 4.23. The number of benzene rings is 1. The number of halogens is 2. The van der Waals surface area contributed by atoms with E-state index in [-0.39, 0.29) is 6.54 Å². The van der Waals surface area contributed by atoms with Gasteiger partial charge in [-0.2, -0.15) is 0 Å². The van der Waals surface area contributed by atoms with Crippen molar-refractivity contribution in [3.63, 3.8) is 0 Å². The van der Waals surface area contributed by atoms with E-state index in [1.165, 1.54) is 0 Å². The van der Waals surface area contributed by atoms with Gasteiger partial charge in [-0.1, -0.05) is 12.1 Å². The van der Waals surface area contributed by atoms with Gasteiger partial charge in [-0.25, -0.2) is 9.18 Å². The van der Waals surface area contributed by atoms with Crippen LogP contribution >= 0.6 is 15.9 Å². The zero-order valence-corrected chi connectivity index (χ0v) is 12.8. The normalized spacial score (nSPS) is 12.9. The third-order valence-electron chi connectivity index (χ3n) is 2.25. The summed E-state index contributed by atoms with van der Waals surface area (Å²) in [6.45, 7) is 5.39. The molecule has 1 rings (SSSR count). The molecule has 0 aliphatic heterocycles. The van der Waals surface area contributed by atoms with Crippen LogP contribution in [0, 0.1) is 5.82 Å². The molecule has 1 amide bonds. The Morgan fingerprint density at radius 2 is 2.16 bits per heavy atom. The molecule has 0 aromatic heterocycles. The molecule has 106 valence electrons. The minimum atomic E-state index is -0.634. The van der Waals surface area contributed by atoms with Gasteiger partial charge in [0.05, 0.1) is 10.5 Å². The number of nitrogens with one attached hydrogen (secondary N) is 1. The summed E-state index contributed by atoms with van der Waals surface area (Å²) in [5, 5.41) is 2.52. The second-order valence-corrected chi connectivity index (χ2v) is 5.99. The van der Waals surface area contributed by atoms with E-state index < -0.39 is 23.6 Å². The van der Waals surface area contributed by atoms with Crippen LogP contribution < -0.4 is 11.1 Å². The molecule has 0 saturated heterocycles. The van der Waals surface area contributed by atoms with Crippen molar-refractivity contribution in [2.24, 2.45) is 5.73 Å². The predicted molar refractivity (Wildman–Crippen MR) is 75.3 cm³/mol. The van der Waals surface area contributed by atoms with E-state index in [4.69, 9.17) is 10.5 Å². The highest BCUT2D eigenvalue weighted by atomic mass is 79.9. The zero-order chi connectivity index (χ0) is 14.6. The number of ether oxygens (including phenoxy) is 1. The van der Waals surface area contributed by atoms with Gasteiger partial charge in [0.1, 0.15) is 11.4 Å². The second-order valence-electron chi connectivity index (χ2n) is 5.13. The number of alkyl carbamates (subject to hydrolysis) is 1. The molecule has 1 unspecified atom stereocenters. The summed E-state index contributed by atoms with van der Waals surface area (Å²) >= 11 is 3.09. The SMILES string of the molecule is CC(C)(C)OC(=O)NCC(N)c1cccc(Br)c1F. The van der Waals surface area contributed by atoms with E-state index in [0.29, 0.717) is 10.0 Å². The molecule has 1 atom stereocenters. The van der Waals surface area contributed by atoms with Crippen LogP contribution in [0.2, 0.25) is 0 Å². The van der Waals surface area contributed by atoms with E-state index in [1.54, 1.807) is 39.0 Å². The van der Waals surface area contributed by atoms with Gasteiger partial charge in [0.15, 0.2) is 0 Å². The molecule has 0 aliphatic carbocycles. The lowest BCUT2D eigenvalue weighted by molar-refractivity contribution is 0.0524. The number of nitrogens with two attached hydrogens (primary N) is 1. The fourth-order valence-corrected chi connectivity index (χ4v) is 1.81. The molecule has 0 heterocycles. The minimum absolute atomic E-state index is 0.0995. The molecule has 0 aliphatic rings. The Labute approximate surface area is 120 Å². The molecule has 0 saturated carbocycles. The van der Waals surface area contributed by atoms with Gasteiger partial charge in [0.25, 0.3) is 0 Å². The molecular weight excluding hydrogens is 315 g/mol. The van der Waals surface area contributed by atoms with Crippen LogP contribution in [-0.4, -0.2) is 18.2 Å². The molecule has 0 radical (unpaired) electrons. The van der Waals surface area contributed by atoms with Gasteiger partial charge in [0, 0.05) is 12.1 Å². The number of hydrogen-bond acceptors (Lipinski definition) is 3. The smallest absolute Gasteiger partial charge is 0.407 e. The van der Waals surface area contributed by atoms with Crippen molar-refractivity contribution >= 4 is 22.0 Å². The van der Waals surface area contributed by atoms with Crippen LogP contribution in [0.4, 0.5) is 9.18 Å². The first-order chi connectivity index (χ1) is 8.70. The molecular formula is C13H18BrFN2O2. The lowest BCUT2D eigenvalue weighted by atomic mass is 10.1. The summed E-state index contributed by atoms with van der Waals surface area (Å²) in [5.41, 5.74) is 5.61. The van der Waals surface area contributed by atoms with Crippen LogP contribution in [-0.2, 0) is 4.74 Å². The maximum atomic E-state index is 13.8. The Morgan fingerprint density at radius 1 is 1.53 bits per heavy atom. The topological polar surface area (TPSA) is 64.3 Å². The number of rotatable bonds is 3. The largest absolute Gasteiger partial charge is 0.444 e. The molecule has 1 aromatic carbocycles. The van der Waals surface area contributed by atoms with Crippen molar-refractivity contribution in [1.29, 1.82) is 0 Å². The number of hydrogen-bond donors (Lipinski definition) is 2. The average molecular weight is 333 g/mol. The number of carbonyl (C=O) groups excluding carboxylic acids is 1. The molecule has 0 bridgehead atoms. The van der Waals surface area contributed by atoms with Crippen LogP contribution in [0.3, 0.4) is 0 Å². The van der Waals surface area contributed by atoms with Gasteiger partial charge >= 0.3 is 6.09 Å². The Morgan fingerprint density at radius 3 is 2.74 bits per heavy atom. The van der Waals surface area contributed by atoms with Crippen molar-refractivity contribution in [1.82, 2.24) is 5.32 Å². The van der Waals surface area contributed by atoms with Gasteiger partial charge < -0.3 is 15.8 Å². The average Bonchev–Trinajstić information content (AvgIpc) is 2.27. The Hall–Kier alpha value is -1.14. The standard InChI is InChI=1S/C13H18BrFN2O2/c1-13(2,3)19-12(18)17-7-10(16)8-5-4-6-9(14)11(8)15/h4-6,10H,7,16H2,1-3H3,(H,17,18). The Balaban J connectivity index is 2.59. The maximum Gasteiger partial charge on any atom is 0.407 e. The quantitative estimate of drug-likeness (QED) is 0.893. The van der Waals surface area contributed by atoms with Crippen LogP contribution in [0.15, 0.2) is 22.7 Å². The van der Waals surface area contributed by atoms with Crippen LogP contribution in [0.1, 0.15) is 32.4 Å². The monoisotopic (exact) mass is 332 g/mol. The second kappa shape index (κ2) is 6.34. The predicted octanol–water partition coefficient (Wildman–Crippen LogP) is 3.11. The van der Waals surface area contributed by atoms with E-state index >= 15 is 0 Å². The van der Waals surface area contributed by atoms with Crippen LogP contribution in [0.5, 0.6) is 0 Å². The molecule has 3 N–H and O–H groups in total. The van der Waals surface area contributed by atoms with Crippen molar-refractivity contribution in [2.45, 2.75) is 32.4 Å². The number of amides is 1. The third-order valence-corrected chi connectivity index (χ3v) is 2.86.